The molecule has 0 aliphatic heterocycles. The maximum atomic E-state index is 11.7. The van der Waals surface area contributed by atoms with Gasteiger partial charge in [0.05, 0.1) is 12.1 Å². The number of benzene rings is 1. The molecule has 3 N–H and O–H groups in total. The number of carbonyl (C=O) groups excluding carboxylic acids is 1. The van der Waals surface area contributed by atoms with Crippen molar-refractivity contribution in [2.75, 3.05) is 12.3 Å². The lowest BCUT2D eigenvalue weighted by atomic mass is 10.2. The number of nitrogens with two attached hydrogens (primary N) is 1. The van der Waals surface area contributed by atoms with Gasteiger partial charge >= 0.3 is 0 Å². The number of aromatic nitrogens is 1. The lowest BCUT2D eigenvalue weighted by Gasteiger charge is -2.02. The zero-order valence-corrected chi connectivity index (χ0v) is 12.4. The molecule has 0 fully saturated rings. The van der Waals surface area contributed by atoms with Gasteiger partial charge in [-0.25, -0.2) is 4.98 Å². The minimum Gasteiger partial charge on any atom is -0.398 e. The van der Waals surface area contributed by atoms with Crippen molar-refractivity contribution >= 4 is 22.9 Å². The molecule has 5 heteroatoms. The lowest BCUT2D eigenvalue weighted by Crippen LogP contribution is -2.26. The van der Waals surface area contributed by atoms with E-state index in [1.807, 2.05) is 29.6 Å². The van der Waals surface area contributed by atoms with Gasteiger partial charge in [0.1, 0.15) is 5.01 Å². The van der Waals surface area contributed by atoms with Gasteiger partial charge in [-0.2, -0.15) is 0 Å². The maximum absolute atomic E-state index is 11.7. The number of nitrogens with one attached hydrogen (secondary N) is 1. The molecule has 1 heterocycles. The Morgan fingerprint density at radius 1 is 1.40 bits per heavy atom. The number of rotatable bonds is 6. The van der Waals surface area contributed by atoms with E-state index in [2.05, 4.69) is 17.2 Å². The number of nitrogens with zero attached hydrogens (tertiary/aromatic N) is 1. The highest BCUT2D eigenvalue weighted by atomic mass is 32.1. The van der Waals surface area contributed by atoms with Crippen LogP contribution in [0.25, 0.3) is 10.6 Å². The number of para-hydroxylation sites is 1. The second-order valence-corrected chi connectivity index (χ2v) is 5.47. The lowest BCUT2D eigenvalue weighted by molar-refractivity contribution is -0.120. The van der Waals surface area contributed by atoms with Crippen LogP contribution >= 0.6 is 11.3 Å². The number of amides is 1. The molecular formula is C15H19N3OS. The Hall–Kier alpha value is -1.88. The molecule has 0 aliphatic rings. The van der Waals surface area contributed by atoms with Crippen molar-refractivity contribution in [1.29, 1.82) is 0 Å². The first-order chi connectivity index (χ1) is 9.70. The first kappa shape index (κ1) is 14.5. The van der Waals surface area contributed by atoms with Crippen molar-refractivity contribution in [3.8, 4) is 10.6 Å². The number of nitrogen functional groups attached to an aromatic ring is 1. The Kier molecular flexibility index (Phi) is 5.12. The van der Waals surface area contributed by atoms with E-state index in [1.165, 1.54) is 11.3 Å². The summed E-state index contributed by atoms with van der Waals surface area (Å²) in [5, 5.41) is 5.67. The normalized spacial score (nSPS) is 10.4. The summed E-state index contributed by atoms with van der Waals surface area (Å²) in [5.41, 5.74) is 8.36. The van der Waals surface area contributed by atoms with Crippen molar-refractivity contribution in [3.63, 3.8) is 0 Å². The van der Waals surface area contributed by atoms with Crippen molar-refractivity contribution < 1.29 is 4.79 Å². The minimum atomic E-state index is 0.0244. The molecule has 0 saturated heterocycles. The highest BCUT2D eigenvalue weighted by molar-refractivity contribution is 7.13. The van der Waals surface area contributed by atoms with Crippen LogP contribution in [0.3, 0.4) is 0 Å². The van der Waals surface area contributed by atoms with Crippen molar-refractivity contribution in [2.24, 2.45) is 0 Å². The van der Waals surface area contributed by atoms with Gasteiger partial charge < -0.3 is 11.1 Å². The van der Waals surface area contributed by atoms with Crippen LogP contribution in [-0.2, 0) is 11.2 Å². The third-order valence-electron chi connectivity index (χ3n) is 2.94. The first-order valence-electron chi connectivity index (χ1n) is 6.76. The van der Waals surface area contributed by atoms with Crippen LogP contribution in [0, 0.1) is 0 Å². The smallest absolute Gasteiger partial charge is 0.226 e. The maximum Gasteiger partial charge on any atom is 0.226 e. The van der Waals surface area contributed by atoms with Crippen LogP contribution in [0.1, 0.15) is 25.5 Å². The van der Waals surface area contributed by atoms with Crippen molar-refractivity contribution in [2.45, 2.75) is 26.2 Å². The van der Waals surface area contributed by atoms with E-state index < -0.39 is 0 Å². The standard InChI is InChI=1S/C15H19N3OS/c1-2-3-8-17-14(19)9-11-10-20-15(18-11)12-6-4-5-7-13(12)16/h4-7,10H,2-3,8-9,16H2,1H3,(H,17,19). The van der Waals surface area contributed by atoms with Gasteiger partial charge in [0.25, 0.3) is 0 Å². The number of hydrogen-bond donors (Lipinski definition) is 2. The van der Waals surface area contributed by atoms with Crippen LogP contribution in [0.5, 0.6) is 0 Å². The summed E-state index contributed by atoms with van der Waals surface area (Å²) in [6.45, 7) is 2.83. The fourth-order valence-corrected chi connectivity index (χ4v) is 2.70. The Labute approximate surface area is 123 Å². The van der Waals surface area contributed by atoms with Crippen LogP contribution in [0.2, 0.25) is 0 Å². The zero-order valence-electron chi connectivity index (χ0n) is 11.6. The van der Waals surface area contributed by atoms with Gasteiger partial charge in [-0.15, -0.1) is 11.3 Å². The number of thiazole rings is 1. The summed E-state index contributed by atoms with van der Waals surface area (Å²) in [7, 11) is 0. The first-order valence-corrected chi connectivity index (χ1v) is 7.64. The van der Waals surface area contributed by atoms with Gasteiger partial charge in [0, 0.05) is 23.2 Å². The van der Waals surface area contributed by atoms with E-state index in [9.17, 15) is 4.79 Å². The van der Waals surface area contributed by atoms with Gasteiger partial charge in [-0.1, -0.05) is 25.5 Å². The Balaban J connectivity index is 1.99. The Morgan fingerprint density at radius 3 is 2.95 bits per heavy atom. The molecule has 2 aromatic rings. The molecule has 0 spiro atoms. The summed E-state index contributed by atoms with van der Waals surface area (Å²) < 4.78 is 0. The topological polar surface area (TPSA) is 68.0 Å². The molecule has 106 valence electrons. The summed E-state index contributed by atoms with van der Waals surface area (Å²) in [5.74, 6) is 0.0244. The zero-order chi connectivity index (χ0) is 14.4. The summed E-state index contributed by atoms with van der Waals surface area (Å²) in [6.07, 6.45) is 2.41. The Bertz CT molecular complexity index is 580. The summed E-state index contributed by atoms with van der Waals surface area (Å²) in [4.78, 5) is 16.2. The molecule has 0 bridgehead atoms. The summed E-state index contributed by atoms with van der Waals surface area (Å²) in [6, 6.07) is 7.63. The number of carbonyl (C=O) groups is 1. The fourth-order valence-electron chi connectivity index (χ4n) is 1.84. The van der Waals surface area contributed by atoms with E-state index in [1.54, 1.807) is 0 Å². The molecule has 1 aromatic carbocycles. The third-order valence-corrected chi connectivity index (χ3v) is 3.86. The highest BCUT2D eigenvalue weighted by Crippen LogP contribution is 2.28. The number of hydrogen-bond acceptors (Lipinski definition) is 4. The van der Waals surface area contributed by atoms with E-state index in [4.69, 9.17) is 5.73 Å². The quantitative estimate of drug-likeness (QED) is 0.634. The van der Waals surface area contributed by atoms with Crippen molar-refractivity contribution in [1.82, 2.24) is 10.3 Å². The van der Waals surface area contributed by atoms with Gasteiger partial charge in [-0.05, 0) is 18.6 Å². The average Bonchev–Trinajstić information content (AvgIpc) is 2.88. The number of unbranched alkanes of at least 4 members (excludes halogenated alkanes) is 1. The number of anilines is 1. The fraction of sp³-hybridized carbons (Fsp3) is 0.333. The van der Waals surface area contributed by atoms with Crippen LogP contribution in [0.4, 0.5) is 5.69 Å². The summed E-state index contributed by atoms with van der Waals surface area (Å²) >= 11 is 1.52. The molecule has 0 aliphatic carbocycles. The molecule has 2 rings (SSSR count). The van der Waals surface area contributed by atoms with E-state index >= 15 is 0 Å². The second kappa shape index (κ2) is 7.05. The molecular weight excluding hydrogens is 270 g/mol. The minimum absolute atomic E-state index is 0.0244. The van der Waals surface area contributed by atoms with E-state index in [0.29, 0.717) is 12.1 Å². The van der Waals surface area contributed by atoms with Gasteiger partial charge in [0.15, 0.2) is 0 Å². The van der Waals surface area contributed by atoms with Crippen molar-refractivity contribution in [3.05, 3.63) is 35.3 Å². The molecule has 1 aromatic heterocycles. The monoisotopic (exact) mass is 289 g/mol. The third kappa shape index (κ3) is 3.81. The largest absolute Gasteiger partial charge is 0.398 e. The molecule has 1 amide bonds. The van der Waals surface area contributed by atoms with Gasteiger partial charge in [0.2, 0.25) is 5.91 Å². The predicted octanol–water partition coefficient (Wildman–Crippen LogP) is 2.85. The second-order valence-electron chi connectivity index (χ2n) is 4.61. The van der Waals surface area contributed by atoms with Crippen LogP contribution in [0.15, 0.2) is 29.6 Å². The van der Waals surface area contributed by atoms with E-state index in [0.717, 1.165) is 35.7 Å². The van der Waals surface area contributed by atoms with Crippen LogP contribution in [-0.4, -0.2) is 17.4 Å². The molecule has 0 radical (unpaired) electrons. The van der Waals surface area contributed by atoms with E-state index in [-0.39, 0.29) is 5.91 Å². The molecule has 0 saturated carbocycles. The van der Waals surface area contributed by atoms with Crippen LogP contribution < -0.4 is 11.1 Å². The SMILES string of the molecule is CCCCNC(=O)Cc1csc(-c2ccccc2N)n1. The Morgan fingerprint density at radius 2 is 2.20 bits per heavy atom. The molecule has 4 nitrogen and oxygen atoms in total. The molecule has 0 unspecified atom stereocenters. The molecule has 20 heavy (non-hydrogen) atoms. The highest BCUT2D eigenvalue weighted by Gasteiger charge is 2.10. The predicted molar refractivity (Wildman–Crippen MR) is 83.6 cm³/mol. The molecule has 0 atom stereocenters. The average molecular weight is 289 g/mol. The van der Waals surface area contributed by atoms with Gasteiger partial charge in [-0.3, -0.25) is 4.79 Å².